The standard InChI is InChI=1S/C18H13ClF3N3O2S2/c19-13-6-5-11(18(20,21)22)9-16(13)29(26,27)24-14-4-2-1-3-12(14)15-10-25-7-8-28-17(25)23-15/h1-6,9-10,24H,7-8H2. The fourth-order valence-corrected chi connectivity index (χ4v) is 5.47. The van der Waals surface area contributed by atoms with E-state index < -0.39 is 26.7 Å². The topological polar surface area (TPSA) is 64.0 Å². The summed E-state index contributed by atoms with van der Waals surface area (Å²) in [6.45, 7) is 0.806. The first kappa shape index (κ1) is 20.1. The van der Waals surface area contributed by atoms with Crippen LogP contribution in [0.15, 0.2) is 58.7 Å². The van der Waals surface area contributed by atoms with Crippen LogP contribution in [0.1, 0.15) is 5.56 Å². The Morgan fingerprint density at radius 1 is 1.17 bits per heavy atom. The van der Waals surface area contributed by atoms with Crippen LogP contribution in [0.4, 0.5) is 18.9 Å². The minimum atomic E-state index is -4.69. The van der Waals surface area contributed by atoms with E-state index in [9.17, 15) is 21.6 Å². The summed E-state index contributed by atoms with van der Waals surface area (Å²) in [4.78, 5) is 3.86. The van der Waals surface area contributed by atoms with Gasteiger partial charge in [-0.25, -0.2) is 13.4 Å². The first-order valence-electron chi connectivity index (χ1n) is 8.34. The molecule has 29 heavy (non-hydrogen) atoms. The van der Waals surface area contributed by atoms with Crippen LogP contribution in [-0.4, -0.2) is 23.7 Å². The number of halogens is 4. The lowest BCUT2D eigenvalue weighted by Crippen LogP contribution is -2.16. The molecule has 0 spiro atoms. The molecule has 0 amide bonds. The number of para-hydroxylation sites is 1. The van der Waals surface area contributed by atoms with E-state index in [1.165, 1.54) is 6.07 Å². The molecular weight excluding hydrogens is 447 g/mol. The lowest BCUT2D eigenvalue weighted by atomic mass is 10.1. The molecule has 1 N–H and O–H groups in total. The van der Waals surface area contributed by atoms with Crippen molar-refractivity contribution >= 4 is 39.1 Å². The number of aryl methyl sites for hydroxylation is 1. The van der Waals surface area contributed by atoms with Crippen molar-refractivity contribution in [3.05, 3.63) is 59.2 Å². The summed E-state index contributed by atoms with van der Waals surface area (Å²) in [5, 5.41) is 0.527. The second-order valence-electron chi connectivity index (χ2n) is 6.24. The molecule has 5 nitrogen and oxygen atoms in total. The van der Waals surface area contributed by atoms with Crippen molar-refractivity contribution in [3.8, 4) is 11.3 Å². The van der Waals surface area contributed by atoms with Gasteiger partial charge in [-0.1, -0.05) is 41.6 Å². The third kappa shape index (κ3) is 3.96. The Hall–Kier alpha value is -2.17. The number of aromatic nitrogens is 2. The molecule has 2 aromatic carbocycles. The van der Waals surface area contributed by atoms with E-state index in [0.717, 1.165) is 29.6 Å². The maximum Gasteiger partial charge on any atom is 0.416 e. The second kappa shape index (κ2) is 7.26. The van der Waals surface area contributed by atoms with Gasteiger partial charge in [0.25, 0.3) is 10.0 Å². The van der Waals surface area contributed by atoms with Crippen LogP contribution >= 0.6 is 23.4 Å². The average Bonchev–Trinajstić information content (AvgIpc) is 3.23. The van der Waals surface area contributed by atoms with Gasteiger partial charge in [0.15, 0.2) is 5.16 Å². The lowest BCUT2D eigenvalue weighted by Gasteiger charge is -2.14. The van der Waals surface area contributed by atoms with E-state index in [4.69, 9.17) is 11.6 Å². The second-order valence-corrected chi connectivity index (χ2v) is 9.36. The van der Waals surface area contributed by atoms with Gasteiger partial charge in [0, 0.05) is 24.1 Å². The number of hydrogen-bond donors (Lipinski definition) is 1. The van der Waals surface area contributed by atoms with E-state index in [1.54, 1.807) is 30.0 Å². The van der Waals surface area contributed by atoms with Crippen LogP contribution in [0.25, 0.3) is 11.3 Å². The molecule has 0 saturated carbocycles. The number of anilines is 1. The molecule has 0 unspecified atom stereocenters. The maximum absolute atomic E-state index is 13.0. The van der Waals surface area contributed by atoms with Gasteiger partial charge in [-0.05, 0) is 24.3 Å². The third-order valence-corrected chi connectivity index (χ3v) is 7.12. The van der Waals surface area contributed by atoms with Gasteiger partial charge in [-0.3, -0.25) is 4.72 Å². The molecule has 0 fully saturated rings. The van der Waals surface area contributed by atoms with Crippen LogP contribution in [0, 0.1) is 0 Å². The average molecular weight is 460 g/mol. The fraction of sp³-hybridized carbons (Fsp3) is 0.167. The zero-order valence-corrected chi connectivity index (χ0v) is 17.0. The zero-order chi connectivity index (χ0) is 20.8. The number of alkyl halides is 3. The predicted octanol–water partition coefficient (Wildman–Crippen LogP) is 5.13. The number of benzene rings is 2. The number of sulfonamides is 1. The summed E-state index contributed by atoms with van der Waals surface area (Å²) in [5.74, 6) is 0.922. The summed E-state index contributed by atoms with van der Waals surface area (Å²) in [7, 11) is -4.37. The first-order valence-corrected chi connectivity index (χ1v) is 11.2. The Bertz CT molecular complexity index is 1170. The van der Waals surface area contributed by atoms with Gasteiger partial charge in [0.05, 0.1) is 22.0 Å². The Labute approximate surface area is 174 Å². The van der Waals surface area contributed by atoms with Crippen molar-refractivity contribution in [2.75, 3.05) is 10.5 Å². The number of imidazole rings is 1. The van der Waals surface area contributed by atoms with E-state index in [2.05, 4.69) is 9.71 Å². The zero-order valence-electron chi connectivity index (χ0n) is 14.6. The van der Waals surface area contributed by atoms with Crippen LogP contribution in [0.5, 0.6) is 0 Å². The maximum atomic E-state index is 13.0. The highest BCUT2D eigenvalue weighted by atomic mass is 35.5. The summed E-state index contributed by atoms with van der Waals surface area (Å²) < 4.78 is 69.0. The SMILES string of the molecule is O=S(=O)(Nc1ccccc1-c1cn2c(n1)SCC2)c1cc(C(F)(F)F)ccc1Cl. The van der Waals surface area contributed by atoms with Gasteiger partial charge in [-0.2, -0.15) is 13.2 Å². The highest BCUT2D eigenvalue weighted by Gasteiger charge is 2.33. The molecule has 0 aliphatic carbocycles. The highest BCUT2D eigenvalue weighted by molar-refractivity contribution is 7.99. The van der Waals surface area contributed by atoms with Crippen molar-refractivity contribution in [3.63, 3.8) is 0 Å². The number of thioether (sulfide) groups is 1. The molecule has 0 atom stereocenters. The Balaban J connectivity index is 1.73. The van der Waals surface area contributed by atoms with E-state index >= 15 is 0 Å². The first-order chi connectivity index (χ1) is 13.6. The summed E-state index contributed by atoms with van der Waals surface area (Å²) in [6.07, 6.45) is -2.87. The number of rotatable bonds is 4. The van der Waals surface area contributed by atoms with Crippen LogP contribution in [0.2, 0.25) is 5.02 Å². The van der Waals surface area contributed by atoms with Gasteiger partial charge in [0.2, 0.25) is 0 Å². The van der Waals surface area contributed by atoms with Crippen LogP contribution in [-0.2, 0) is 22.7 Å². The Morgan fingerprint density at radius 2 is 1.93 bits per heavy atom. The molecular formula is C18H13ClF3N3O2S2. The molecule has 152 valence electrons. The smallest absolute Gasteiger partial charge is 0.325 e. The minimum absolute atomic E-state index is 0.197. The van der Waals surface area contributed by atoms with Crippen molar-refractivity contribution in [1.82, 2.24) is 9.55 Å². The molecule has 11 heteroatoms. The molecule has 2 heterocycles. The molecule has 1 aliphatic rings. The lowest BCUT2D eigenvalue weighted by molar-refractivity contribution is -0.137. The van der Waals surface area contributed by atoms with Crippen LogP contribution < -0.4 is 4.72 Å². The molecule has 3 aromatic rings. The number of nitrogens with zero attached hydrogens (tertiary/aromatic N) is 2. The monoisotopic (exact) mass is 459 g/mol. The van der Waals surface area contributed by atoms with Gasteiger partial charge < -0.3 is 4.57 Å². The van der Waals surface area contributed by atoms with Crippen molar-refractivity contribution in [2.24, 2.45) is 0 Å². The number of fused-ring (bicyclic) bond motifs is 1. The van der Waals surface area contributed by atoms with Gasteiger partial charge in [0.1, 0.15) is 4.90 Å². The molecule has 0 radical (unpaired) electrons. The summed E-state index contributed by atoms with van der Waals surface area (Å²) in [6, 6.07) is 8.73. The minimum Gasteiger partial charge on any atom is -0.325 e. The number of nitrogens with one attached hydrogen (secondary N) is 1. The summed E-state index contributed by atoms with van der Waals surface area (Å²) >= 11 is 7.49. The highest BCUT2D eigenvalue weighted by Crippen LogP contribution is 2.36. The fourth-order valence-electron chi connectivity index (χ4n) is 2.92. The Morgan fingerprint density at radius 3 is 2.66 bits per heavy atom. The van der Waals surface area contributed by atoms with E-state index in [-0.39, 0.29) is 10.7 Å². The summed E-state index contributed by atoms with van der Waals surface area (Å²) in [5.41, 5.74) is 0.183. The normalized spacial score (nSPS) is 14.1. The van der Waals surface area contributed by atoms with E-state index in [1.807, 2.05) is 10.8 Å². The molecule has 0 saturated heterocycles. The quantitative estimate of drug-likeness (QED) is 0.587. The largest absolute Gasteiger partial charge is 0.416 e. The third-order valence-electron chi connectivity index (χ3n) is 4.30. The molecule has 0 bridgehead atoms. The number of hydrogen-bond acceptors (Lipinski definition) is 4. The molecule has 1 aliphatic heterocycles. The van der Waals surface area contributed by atoms with Gasteiger partial charge >= 0.3 is 6.18 Å². The molecule has 1 aromatic heterocycles. The van der Waals surface area contributed by atoms with Crippen molar-refractivity contribution < 1.29 is 21.6 Å². The van der Waals surface area contributed by atoms with E-state index in [0.29, 0.717) is 17.3 Å². The van der Waals surface area contributed by atoms with Gasteiger partial charge in [-0.15, -0.1) is 0 Å². The van der Waals surface area contributed by atoms with Crippen molar-refractivity contribution in [1.29, 1.82) is 0 Å². The van der Waals surface area contributed by atoms with Crippen molar-refractivity contribution in [2.45, 2.75) is 22.8 Å². The molecule has 4 rings (SSSR count). The van der Waals surface area contributed by atoms with Crippen LogP contribution in [0.3, 0.4) is 0 Å². The Kier molecular flexibility index (Phi) is 5.04. The predicted molar refractivity (Wildman–Crippen MR) is 106 cm³/mol.